The zero-order valence-corrected chi connectivity index (χ0v) is 10.3. The number of anilines is 1. The van der Waals surface area contributed by atoms with Crippen molar-refractivity contribution in [3.05, 3.63) is 29.3 Å². The van der Waals surface area contributed by atoms with Crippen LogP contribution in [0.2, 0.25) is 0 Å². The van der Waals surface area contributed by atoms with Gasteiger partial charge in [-0.2, -0.15) is 0 Å². The van der Waals surface area contributed by atoms with Crippen molar-refractivity contribution in [3.8, 4) is 0 Å². The molecular formula is C14H20N2O. The van der Waals surface area contributed by atoms with Crippen molar-refractivity contribution in [1.82, 2.24) is 0 Å². The molecule has 3 nitrogen and oxygen atoms in total. The number of benzene rings is 1. The fraction of sp³-hybridized carbons (Fsp3) is 0.500. The number of carbonyl (C=O) groups excluding carboxylic acids is 1. The number of carbonyl (C=O) groups is 1. The molecule has 1 saturated carbocycles. The summed E-state index contributed by atoms with van der Waals surface area (Å²) in [4.78, 5) is 11.5. The van der Waals surface area contributed by atoms with E-state index in [1.54, 1.807) is 0 Å². The number of primary amides is 1. The van der Waals surface area contributed by atoms with Crippen LogP contribution < -0.4 is 11.1 Å². The summed E-state index contributed by atoms with van der Waals surface area (Å²) in [6, 6.07) is 5.75. The average molecular weight is 232 g/mol. The molecule has 0 heterocycles. The van der Waals surface area contributed by atoms with E-state index in [0.717, 1.165) is 11.3 Å². The van der Waals surface area contributed by atoms with Crippen LogP contribution in [0.3, 0.4) is 0 Å². The Morgan fingerprint density at radius 3 is 2.59 bits per heavy atom. The lowest BCUT2D eigenvalue weighted by molar-refractivity contribution is 0.0998. The van der Waals surface area contributed by atoms with Crippen LogP contribution in [0.1, 0.15) is 53.9 Å². The Morgan fingerprint density at radius 1 is 1.29 bits per heavy atom. The van der Waals surface area contributed by atoms with Gasteiger partial charge in [0.05, 0.1) is 0 Å². The lowest BCUT2D eigenvalue weighted by atomic mass is 9.81. The molecule has 3 N–H and O–H groups in total. The quantitative estimate of drug-likeness (QED) is 0.842. The summed E-state index contributed by atoms with van der Waals surface area (Å²) in [7, 11) is 1.90. The summed E-state index contributed by atoms with van der Waals surface area (Å²) in [5.41, 5.74) is 8.34. The van der Waals surface area contributed by atoms with E-state index < -0.39 is 0 Å². The standard InChI is InChI=1S/C14H20N2O/c1-16-12-9-5-8-11(14(15)17)13(12)10-6-3-2-4-7-10/h5,8-10,16H,2-4,6-7H2,1H3,(H2,15,17). The molecule has 92 valence electrons. The molecule has 1 aromatic rings. The van der Waals surface area contributed by atoms with E-state index in [1.165, 1.54) is 32.1 Å². The maximum atomic E-state index is 11.5. The summed E-state index contributed by atoms with van der Waals surface area (Å²) in [6.45, 7) is 0. The Balaban J connectivity index is 2.43. The third kappa shape index (κ3) is 2.43. The number of hydrogen-bond acceptors (Lipinski definition) is 2. The number of rotatable bonds is 3. The van der Waals surface area contributed by atoms with Gasteiger partial charge in [-0.25, -0.2) is 0 Å². The SMILES string of the molecule is CNc1cccc(C(N)=O)c1C1CCCCC1. The third-order valence-electron chi connectivity index (χ3n) is 3.65. The normalized spacial score (nSPS) is 16.8. The lowest BCUT2D eigenvalue weighted by Gasteiger charge is -2.26. The highest BCUT2D eigenvalue weighted by molar-refractivity contribution is 5.96. The smallest absolute Gasteiger partial charge is 0.249 e. The molecule has 0 radical (unpaired) electrons. The van der Waals surface area contributed by atoms with Crippen molar-refractivity contribution >= 4 is 11.6 Å². The summed E-state index contributed by atoms with van der Waals surface area (Å²) in [5, 5.41) is 3.18. The minimum absolute atomic E-state index is 0.317. The van der Waals surface area contributed by atoms with Crippen LogP contribution in [0.5, 0.6) is 0 Å². The molecular weight excluding hydrogens is 212 g/mol. The maximum absolute atomic E-state index is 11.5. The van der Waals surface area contributed by atoms with Crippen LogP contribution in [0.25, 0.3) is 0 Å². The first-order valence-electron chi connectivity index (χ1n) is 6.34. The largest absolute Gasteiger partial charge is 0.388 e. The van der Waals surface area contributed by atoms with Gasteiger partial charge in [0.2, 0.25) is 5.91 Å². The monoisotopic (exact) mass is 232 g/mol. The lowest BCUT2D eigenvalue weighted by Crippen LogP contribution is -2.18. The molecule has 1 aliphatic rings. The fourth-order valence-electron chi connectivity index (χ4n) is 2.83. The maximum Gasteiger partial charge on any atom is 0.249 e. The van der Waals surface area contributed by atoms with Crippen molar-refractivity contribution in [2.45, 2.75) is 38.0 Å². The molecule has 0 aliphatic heterocycles. The average Bonchev–Trinajstić information content (AvgIpc) is 2.38. The first-order chi connectivity index (χ1) is 8.24. The van der Waals surface area contributed by atoms with Crippen molar-refractivity contribution in [1.29, 1.82) is 0 Å². The number of nitrogens with one attached hydrogen (secondary N) is 1. The van der Waals surface area contributed by atoms with Crippen LogP contribution in [-0.4, -0.2) is 13.0 Å². The van der Waals surface area contributed by atoms with E-state index in [1.807, 2.05) is 25.2 Å². The van der Waals surface area contributed by atoms with Gasteiger partial charge in [-0.1, -0.05) is 25.3 Å². The molecule has 1 fully saturated rings. The number of nitrogens with two attached hydrogens (primary N) is 1. The van der Waals surface area contributed by atoms with Gasteiger partial charge >= 0.3 is 0 Å². The number of amides is 1. The second-order valence-corrected chi connectivity index (χ2v) is 4.72. The Bertz CT molecular complexity index is 409. The molecule has 1 aromatic carbocycles. The van der Waals surface area contributed by atoms with Crippen molar-refractivity contribution < 1.29 is 4.79 Å². The van der Waals surface area contributed by atoms with Gasteiger partial charge in [0.15, 0.2) is 0 Å². The summed E-state index contributed by atoms with van der Waals surface area (Å²) in [5.74, 6) is 0.164. The Labute approximate surface area is 102 Å². The van der Waals surface area contributed by atoms with Gasteiger partial charge < -0.3 is 11.1 Å². The molecule has 1 amide bonds. The summed E-state index contributed by atoms with van der Waals surface area (Å²) < 4.78 is 0. The molecule has 3 heteroatoms. The van der Waals surface area contributed by atoms with E-state index in [2.05, 4.69) is 5.32 Å². The molecule has 17 heavy (non-hydrogen) atoms. The zero-order valence-electron chi connectivity index (χ0n) is 10.3. The Hall–Kier alpha value is -1.51. The molecule has 0 saturated heterocycles. The second kappa shape index (κ2) is 5.21. The predicted octanol–water partition coefficient (Wildman–Crippen LogP) is 2.87. The highest BCUT2D eigenvalue weighted by Crippen LogP contribution is 2.38. The molecule has 0 unspecified atom stereocenters. The van der Waals surface area contributed by atoms with Crippen molar-refractivity contribution in [2.24, 2.45) is 5.73 Å². The van der Waals surface area contributed by atoms with Gasteiger partial charge in [0.1, 0.15) is 0 Å². The first kappa shape index (κ1) is 12.0. The van der Waals surface area contributed by atoms with Crippen LogP contribution >= 0.6 is 0 Å². The molecule has 2 rings (SSSR count). The van der Waals surface area contributed by atoms with E-state index in [9.17, 15) is 4.79 Å². The zero-order chi connectivity index (χ0) is 12.3. The van der Waals surface area contributed by atoms with Gasteiger partial charge in [-0.15, -0.1) is 0 Å². The highest BCUT2D eigenvalue weighted by Gasteiger charge is 2.22. The topological polar surface area (TPSA) is 55.1 Å². The van der Waals surface area contributed by atoms with E-state index in [4.69, 9.17) is 5.73 Å². The van der Waals surface area contributed by atoms with Crippen molar-refractivity contribution in [3.63, 3.8) is 0 Å². The van der Waals surface area contributed by atoms with Gasteiger partial charge in [-0.05, 0) is 36.5 Å². The number of hydrogen-bond donors (Lipinski definition) is 2. The van der Waals surface area contributed by atoms with Crippen LogP contribution in [0.4, 0.5) is 5.69 Å². The second-order valence-electron chi connectivity index (χ2n) is 4.72. The van der Waals surface area contributed by atoms with Gasteiger partial charge in [0.25, 0.3) is 0 Å². The van der Waals surface area contributed by atoms with Crippen LogP contribution in [0, 0.1) is 0 Å². The minimum atomic E-state index is -0.317. The van der Waals surface area contributed by atoms with Gasteiger partial charge in [0, 0.05) is 18.3 Å². The Kier molecular flexibility index (Phi) is 3.67. The van der Waals surface area contributed by atoms with Crippen LogP contribution in [-0.2, 0) is 0 Å². The molecule has 0 bridgehead atoms. The highest BCUT2D eigenvalue weighted by atomic mass is 16.1. The predicted molar refractivity (Wildman–Crippen MR) is 70.3 cm³/mol. The van der Waals surface area contributed by atoms with E-state index in [-0.39, 0.29) is 5.91 Å². The molecule has 1 aliphatic carbocycles. The molecule has 0 atom stereocenters. The molecule has 0 spiro atoms. The summed E-state index contributed by atoms with van der Waals surface area (Å²) in [6.07, 6.45) is 6.14. The molecule has 0 aromatic heterocycles. The fourth-order valence-corrected chi connectivity index (χ4v) is 2.83. The Morgan fingerprint density at radius 2 is 2.00 bits per heavy atom. The minimum Gasteiger partial charge on any atom is -0.388 e. The summed E-state index contributed by atoms with van der Waals surface area (Å²) >= 11 is 0. The first-order valence-corrected chi connectivity index (χ1v) is 6.34. The van der Waals surface area contributed by atoms with Gasteiger partial charge in [-0.3, -0.25) is 4.79 Å². The third-order valence-corrected chi connectivity index (χ3v) is 3.65. The van der Waals surface area contributed by atoms with E-state index >= 15 is 0 Å². The van der Waals surface area contributed by atoms with E-state index in [0.29, 0.717) is 11.5 Å². The van der Waals surface area contributed by atoms with Crippen LogP contribution in [0.15, 0.2) is 18.2 Å². The van der Waals surface area contributed by atoms with Crippen molar-refractivity contribution in [2.75, 3.05) is 12.4 Å².